The van der Waals surface area contributed by atoms with Crippen LogP contribution >= 0.6 is 11.3 Å². The lowest BCUT2D eigenvalue weighted by Gasteiger charge is -2.25. The van der Waals surface area contributed by atoms with E-state index in [0.717, 1.165) is 16.3 Å². The smallest absolute Gasteiger partial charge is 0.112 e. The summed E-state index contributed by atoms with van der Waals surface area (Å²) in [6.07, 6.45) is -0.613. The van der Waals surface area contributed by atoms with Crippen LogP contribution in [0.5, 0.6) is 0 Å². The molecule has 0 amide bonds. The van der Waals surface area contributed by atoms with Gasteiger partial charge in [0.15, 0.2) is 0 Å². The van der Waals surface area contributed by atoms with E-state index in [2.05, 4.69) is 30.2 Å². The summed E-state index contributed by atoms with van der Waals surface area (Å²) in [4.78, 5) is 4.49. The van der Waals surface area contributed by atoms with Gasteiger partial charge in [-0.2, -0.15) is 5.26 Å². The number of thiazole rings is 1. The van der Waals surface area contributed by atoms with Crippen LogP contribution in [-0.4, -0.2) is 16.6 Å². The fraction of sp³-hybridized carbons (Fsp3) is 0.375. The van der Waals surface area contributed by atoms with Gasteiger partial charge in [0, 0.05) is 17.6 Å². The minimum Gasteiger partial charge on any atom is -0.387 e. The second-order valence-corrected chi connectivity index (χ2v) is 6.41. The molecule has 1 aromatic heterocycles. The molecule has 21 heavy (non-hydrogen) atoms. The standard InChI is InChI=1S/C16H19N3OS/c1-11-10-21-15(19-11)16(2,3)18-9-14(20)13-6-4-12(8-17)5-7-13/h4-7,10,14,18,20H,9H2,1-3H3. The van der Waals surface area contributed by atoms with Crippen molar-refractivity contribution in [2.75, 3.05) is 6.54 Å². The van der Waals surface area contributed by atoms with E-state index in [9.17, 15) is 5.11 Å². The number of benzene rings is 1. The third-order valence-corrected chi connectivity index (χ3v) is 4.60. The Balaban J connectivity index is 1.99. The fourth-order valence-electron chi connectivity index (χ4n) is 1.97. The van der Waals surface area contributed by atoms with Crippen LogP contribution in [0, 0.1) is 18.3 Å². The highest BCUT2D eigenvalue weighted by Gasteiger charge is 2.24. The molecule has 110 valence electrons. The number of aliphatic hydroxyl groups is 1. The molecule has 1 unspecified atom stereocenters. The first-order valence-electron chi connectivity index (χ1n) is 6.78. The van der Waals surface area contributed by atoms with Crippen LogP contribution in [0.4, 0.5) is 0 Å². The lowest BCUT2D eigenvalue weighted by atomic mass is 10.0. The predicted octanol–water partition coefficient (Wildman–Crippen LogP) is 2.88. The molecule has 0 bridgehead atoms. The van der Waals surface area contributed by atoms with Crippen molar-refractivity contribution in [1.82, 2.24) is 10.3 Å². The van der Waals surface area contributed by atoms with Gasteiger partial charge in [-0.3, -0.25) is 0 Å². The highest BCUT2D eigenvalue weighted by molar-refractivity contribution is 7.09. The Labute approximate surface area is 129 Å². The van der Waals surface area contributed by atoms with Crippen molar-refractivity contribution >= 4 is 11.3 Å². The van der Waals surface area contributed by atoms with Crippen molar-refractivity contribution in [3.05, 3.63) is 51.5 Å². The van der Waals surface area contributed by atoms with Gasteiger partial charge in [0.25, 0.3) is 0 Å². The monoisotopic (exact) mass is 301 g/mol. The average molecular weight is 301 g/mol. The molecule has 2 N–H and O–H groups in total. The summed E-state index contributed by atoms with van der Waals surface area (Å²) in [5.41, 5.74) is 2.12. The molecule has 2 rings (SSSR count). The van der Waals surface area contributed by atoms with Crippen LogP contribution in [0.2, 0.25) is 0 Å². The third-order valence-electron chi connectivity index (χ3n) is 3.32. The van der Waals surface area contributed by atoms with Gasteiger partial charge >= 0.3 is 0 Å². The minimum absolute atomic E-state index is 0.285. The first-order chi connectivity index (χ1) is 9.92. The van der Waals surface area contributed by atoms with Crippen molar-refractivity contribution in [2.24, 2.45) is 0 Å². The molecule has 0 saturated carbocycles. The summed E-state index contributed by atoms with van der Waals surface area (Å²) < 4.78 is 0. The van der Waals surface area contributed by atoms with Gasteiger partial charge in [0.1, 0.15) is 5.01 Å². The molecular formula is C16H19N3OS. The minimum atomic E-state index is -0.613. The quantitative estimate of drug-likeness (QED) is 0.891. The zero-order valence-corrected chi connectivity index (χ0v) is 13.2. The zero-order chi connectivity index (χ0) is 15.5. The fourth-order valence-corrected chi connectivity index (χ4v) is 2.86. The summed E-state index contributed by atoms with van der Waals surface area (Å²) in [6, 6.07) is 9.07. The Hall–Kier alpha value is -1.74. The van der Waals surface area contributed by atoms with Crippen LogP contribution < -0.4 is 5.32 Å². The molecule has 1 atom stereocenters. The van der Waals surface area contributed by atoms with Crippen LogP contribution in [0.25, 0.3) is 0 Å². The lowest BCUT2D eigenvalue weighted by molar-refractivity contribution is 0.161. The maximum Gasteiger partial charge on any atom is 0.112 e. The number of nitriles is 1. The number of hydrogen-bond donors (Lipinski definition) is 2. The molecule has 0 aliphatic rings. The Bertz CT molecular complexity index is 640. The molecular weight excluding hydrogens is 282 g/mol. The molecule has 0 spiro atoms. The van der Waals surface area contributed by atoms with Gasteiger partial charge in [-0.05, 0) is 38.5 Å². The maximum absolute atomic E-state index is 10.2. The second kappa shape index (κ2) is 6.35. The van der Waals surface area contributed by atoms with Gasteiger partial charge in [-0.25, -0.2) is 4.98 Å². The van der Waals surface area contributed by atoms with Crippen molar-refractivity contribution in [3.8, 4) is 6.07 Å². The summed E-state index contributed by atoms with van der Waals surface area (Å²) in [5, 5.41) is 25.4. The van der Waals surface area contributed by atoms with E-state index in [-0.39, 0.29) is 5.54 Å². The molecule has 0 aliphatic heterocycles. The van der Waals surface area contributed by atoms with Crippen molar-refractivity contribution in [1.29, 1.82) is 5.26 Å². The molecule has 0 saturated heterocycles. The van der Waals surface area contributed by atoms with Gasteiger partial charge in [0.05, 0.1) is 23.3 Å². The summed E-state index contributed by atoms with van der Waals surface area (Å²) in [5.74, 6) is 0. The van der Waals surface area contributed by atoms with Crippen LogP contribution in [0.3, 0.4) is 0 Å². The number of nitrogens with zero attached hydrogens (tertiary/aromatic N) is 2. The van der Waals surface area contributed by atoms with Crippen molar-refractivity contribution in [3.63, 3.8) is 0 Å². The molecule has 1 aromatic carbocycles. The Kier molecular flexibility index (Phi) is 4.73. The number of aliphatic hydroxyl groups excluding tert-OH is 1. The Morgan fingerprint density at radius 1 is 1.38 bits per heavy atom. The number of aryl methyl sites for hydroxylation is 1. The number of rotatable bonds is 5. The Morgan fingerprint density at radius 2 is 2.05 bits per heavy atom. The van der Waals surface area contributed by atoms with E-state index >= 15 is 0 Å². The second-order valence-electron chi connectivity index (χ2n) is 5.55. The van der Waals surface area contributed by atoms with E-state index in [4.69, 9.17) is 5.26 Å². The van der Waals surface area contributed by atoms with Gasteiger partial charge < -0.3 is 10.4 Å². The maximum atomic E-state index is 10.2. The van der Waals surface area contributed by atoms with Gasteiger partial charge in [-0.15, -0.1) is 11.3 Å². The first-order valence-corrected chi connectivity index (χ1v) is 7.66. The number of aromatic nitrogens is 1. The first kappa shape index (κ1) is 15.6. The van der Waals surface area contributed by atoms with Crippen molar-refractivity contribution < 1.29 is 5.11 Å². The van der Waals surface area contributed by atoms with E-state index in [1.807, 2.05) is 12.3 Å². The SMILES string of the molecule is Cc1csc(C(C)(C)NCC(O)c2ccc(C#N)cc2)n1. The summed E-state index contributed by atoms with van der Waals surface area (Å²) in [7, 11) is 0. The molecule has 0 radical (unpaired) electrons. The molecule has 5 heteroatoms. The van der Waals surface area contributed by atoms with Gasteiger partial charge in [0.2, 0.25) is 0 Å². The third kappa shape index (κ3) is 3.88. The molecule has 4 nitrogen and oxygen atoms in total. The zero-order valence-electron chi connectivity index (χ0n) is 12.4. The van der Waals surface area contributed by atoms with E-state index in [1.54, 1.807) is 35.6 Å². The molecule has 0 fully saturated rings. The van der Waals surface area contributed by atoms with E-state index in [1.165, 1.54) is 0 Å². The van der Waals surface area contributed by atoms with Gasteiger partial charge in [-0.1, -0.05) is 12.1 Å². The highest BCUT2D eigenvalue weighted by Crippen LogP contribution is 2.24. The predicted molar refractivity (Wildman–Crippen MR) is 84.0 cm³/mol. The Morgan fingerprint density at radius 3 is 2.57 bits per heavy atom. The normalized spacial score (nSPS) is 12.9. The van der Waals surface area contributed by atoms with E-state index < -0.39 is 6.10 Å². The molecule has 2 aromatic rings. The molecule has 0 aliphatic carbocycles. The number of nitrogens with one attached hydrogen (secondary N) is 1. The lowest BCUT2D eigenvalue weighted by Crippen LogP contribution is -2.39. The average Bonchev–Trinajstić information content (AvgIpc) is 2.92. The largest absolute Gasteiger partial charge is 0.387 e. The van der Waals surface area contributed by atoms with Crippen LogP contribution in [-0.2, 0) is 5.54 Å². The van der Waals surface area contributed by atoms with Crippen LogP contribution in [0.1, 0.15) is 41.8 Å². The number of hydrogen-bond acceptors (Lipinski definition) is 5. The molecule has 1 heterocycles. The summed E-state index contributed by atoms with van der Waals surface area (Å²) in [6.45, 7) is 6.51. The van der Waals surface area contributed by atoms with Crippen molar-refractivity contribution in [2.45, 2.75) is 32.4 Å². The topological polar surface area (TPSA) is 68.9 Å². The van der Waals surface area contributed by atoms with E-state index in [0.29, 0.717) is 12.1 Å². The highest BCUT2D eigenvalue weighted by atomic mass is 32.1. The van der Waals surface area contributed by atoms with Crippen LogP contribution in [0.15, 0.2) is 29.6 Å². The summed E-state index contributed by atoms with van der Waals surface area (Å²) >= 11 is 1.62.